The standard InChI is InChI=1S/C36H25BN2OS/c1-36(2,3)20-18-24-21-11-8-12-23-31-22-10-4-6-15-28(22)40-35(31)39(33(21)23)37-25-13-9-17-30-34(25)38(27(19-20)32(24)37)26-14-5-7-16-29(26)41-30/h4-19H,1-3H3. The summed E-state index contributed by atoms with van der Waals surface area (Å²) in [6.45, 7) is 6.99. The molecule has 41 heavy (non-hydrogen) atoms. The molecule has 0 spiro atoms. The van der Waals surface area contributed by atoms with Crippen LogP contribution in [0.3, 0.4) is 0 Å². The monoisotopic (exact) mass is 544 g/mol. The fourth-order valence-corrected chi connectivity index (χ4v) is 8.62. The lowest BCUT2D eigenvalue weighted by atomic mass is 9.45. The van der Waals surface area contributed by atoms with Crippen molar-refractivity contribution in [2.24, 2.45) is 0 Å². The zero-order chi connectivity index (χ0) is 27.2. The average molecular weight is 544 g/mol. The molecule has 5 heteroatoms. The van der Waals surface area contributed by atoms with E-state index < -0.39 is 0 Å². The molecule has 0 fully saturated rings. The van der Waals surface area contributed by atoms with Crippen LogP contribution in [0.15, 0.2) is 111 Å². The molecule has 10 rings (SSSR count). The van der Waals surface area contributed by atoms with E-state index in [1.54, 1.807) is 0 Å². The van der Waals surface area contributed by atoms with Crippen molar-refractivity contribution in [3.8, 4) is 11.1 Å². The molecule has 2 aromatic heterocycles. The largest absolute Gasteiger partial charge is 0.441 e. The maximum Gasteiger partial charge on any atom is 0.336 e. The first-order valence-electron chi connectivity index (χ1n) is 14.3. The van der Waals surface area contributed by atoms with E-state index in [2.05, 4.69) is 127 Å². The summed E-state index contributed by atoms with van der Waals surface area (Å²) in [5.41, 5.74) is 13.7. The van der Waals surface area contributed by atoms with Crippen LogP contribution in [0.1, 0.15) is 26.3 Å². The number of hydrogen-bond donors (Lipinski definition) is 0. The minimum atomic E-state index is 0.00201. The van der Waals surface area contributed by atoms with Crippen LogP contribution < -0.4 is 15.8 Å². The molecule has 3 aliphatic heterocycles. The molecule has 0 bridgehead atoms. The molecule has 0 amide bonds. The van der Waals surface area contributed by atoms with Crippen LogP contribution in [-0.4, -0.2) is 11.3 Å². The zero-order valence-corrected chi connectivity index (χ0v) is 23.8. The SMILES string of the molecule is CC(C)(C)c1cc2c3c(c1)N1c4ccccc4Sc4cccc(c41)B3n1c3oc4ccccc4c3c3cccc-2c31. The fourth-order valence-electron chi connectivity index (χ4n) is 7.52. The van der Waals surface area contributed by atoms with E-state index in [9.17, 15) is 0 Å². The second kappa shape index (κ2) is 7.29. The van der Waals surface area contributed by atoms with E-state index in [1.807, 2.05) is 11.8 Å². The lowest BCUT2D eigenvalue weighted by Gasteiger charge is -2.44. The summed E-state index contributed by atoms with van der Waals surface area (Å²) in [6, 6.07) is 35.9. The van der Waals surface area contributed by atoms with Crippen LogP contribution in [0.4, 0.5) is 17.1 Å². The maximum atomic E-state index is 6.75. The Balaban J connectivity index is 1.44. The summed E-state index contributed by atoms with van der Waals surface area (Å²) in [5, 5.41) is 3.67. The van der Waals surface area contributed by atoms with Crippen LogP contribution in [0.2, 0.25) is 0 Å². The van der Waals surface area contributed by atoms with Gasteiger partial charge >= 0.3 is 6.85 Å². The molecule has 0 N–H and O–H groups in total. The van der Waals surface area contributed by atoms with Gasteiger partial charge in [0.2, 0.25) is 0 Å². The normalized spacial score (nSPS) is 14.5. The minimum Gasteiger partial charge on any atom is -0.441 e. The van der Waals surface area contributed by atoms with Gasteiger partial charge in [-0.3, -0.25) is 0 Å². The smallest absolute Gasteiger partial charge is 0.336 e. The van der Waals surface area contributed by atoms with Gasteiger partial charge in [0.05, 0.1) is 16.8 Å². The van der Waals surface area contributed by atoms with Crippen LogP contribution in [0, 0.1) is 0 Å². The van der Waals surface area contributed by atoms with Crippen LogP contribution >= 0.6 is 11.8 Å². The molecular formula is C36H25BN2OS. The van der Waals surface area contributed by atoms with Gasteiger partial charge in [-0.15, -0.1) is 0 Å². The Bertz CT molecular complexity index is 2300. The van der Waals surface area contributed by atoms with Crippen molar-refractivity contribution in [3.05, 3.63) is 103 Å². The number of rotatable bonds is 0. The fraction of sp³-hybridized carbons (Fsp3) is 0.111. The average Bonchev–Trinajstić information content (AvgIpc) is 3.51. The van der Waals surface area contributed by atoms with Gasteiger partial charge in [0.15, 0.2) is 5.71 Å². The van der Waals surface area contributed by atoms with Crippen molar-refractivity contribution in [2.45, 2.75) is 36.0 Å². The number of anilines is 3. The van der Waals surface area contributed by atoms with Crippen molar-refractivity contribution in [2.75, 3.05) is 4.90 Å². The van der Waals surface area contributed by atoms with E-state index in [4.69, 9.17) is 4.42 Å². The molecule has 0 atom stereocenters. The number of nitrogens with zero attached hydrogens (tertiary/aromatic N) is 2. The lowest BCUT2D eigenvalue weighted by Crippen LogP contribution is -2.57. The van der Waals surface area contributed by atoms with Gasteiger partial charge in [-0.2, -0.15) is 0 Å². The Morgan fingerprint density at radius 3 is 2.41 bits per heavy atom. The third kappa shape index (κ3) is 2.64. The predicted molar refractivity (Wildman–Crippen MR) is 173 cm³/mol. The summed E-state index contributed by atoms with van der Waals surface area (Å²) in [4.78, 5) is 5.15. The first-order valence-corrected chi connectivity index (χ1v) is 15.1. The van der Waals surface area contributed by atoms with Crippen LogP contribution in [0.5, 0.6) is 0 Å². The van der Waals surface area contributed by atoms with E-state index in [0.29, 0.717) is 0 Å². The van der Waals surface area contributed by atoms with Crippen molar-refractivity contribution in [1.29, 1.82) is 0 Å². The highest BCUT2D eigenvalue weighted by Gasteiger charge is 2.46. The van der Waals surface area contributed by atoms with Gasteiger partial charge in [-0.05, 0) is 57.8 Å². The van der Waals surface area contributed by atoms with Gasteiger partial charge in [-0.25, -0.2) is 0 Å². The summed E-state index contributed by atoms with van der Waals surface area (Å²) in [7, 11) is 0. The first kappa shape index (κ1) is 22.4. The number of fused-ring (bicyclic) bond motifs is 11. The Kier molecular flexibility index (Phi) is 3.97. The maximum absolute atomic E-state index is 6.75. The Morgan fingerprint density at radius 1 is 0.732 bits per heavy atom. The minimum absolute atomic E-state index is 0.00201. The van der Waals surface area contributed by atoms with Crippen LogP contribution in [-0.2, 0) is 5.41 Å². The van der Waals surface area contributed by atoms with Crippen molar-refractivity contribution in [1.82, 2.24) is 4.48 Å². The van der Waals surface area contributed by atoms with E-state index in [-0.39, 0.29) is 12.3 Å². The molecule has 3 nitrogen and oxygen atoms in total. The van der Waals surface area contributed by atoms with Crippen molar-refractivity contribution < 1.29 is 4.42 Å². The topological polar surface area (TPSA) is 21.3 Å². The number of aromatic nitrogens is 1. The molecule has 194 valence electrons. The summed E-state index contributed by atoms with van der Waals surface area (Å²) in [6.07, 6.45) is 0. The van der Waals surface area contributed by atoms with Gasteiger partial charge in [0.1, 0.15) is 5.58 Å². The third-order valence-corrected chi connectivity index (χ3v) is 10.4. The molecule has 7 aromatic rings. The Labute approximate surface area is 242 Å². The molecule has 5 heterocycles. The predicted octanol–water partition coefficient (Wildman–Crippen LogP) is 8.72. The zero-order valence-electron chi connectivity index (χ0n) is 23.0. The van der Waals surface area contributed by atoms with E-state index in [0.717, 1.165) is 11.3 Å². The van der Waals surface area contributed by atoms with E-state index in [1.165, 1.54) is 76.1 Å². The first-order chi connectivity index (χ1) is 20.0. The number of para-hydroxylation sites is 4. The molecule has 3 aliphatic rings. The second-order valence-electron chi connectivity index (χ2n) is 12.6. The van der Waals surface area contributed by atoms with Crippen molar-refractivity contribution in [3.63, 3.8) is 0 Å². The molecule has 0 saturated carbocycles. The highest BCUT2D eigenvalue weighted by Crippen LogP contribution is 2.54. The number of hydrogen-bond acceptors (Lipinski definition) is 3. The molecule has 0 unspecified atom stereocenters. The third-order valence-electron chi connectivity index (χ3n) is 9.30. The molecule has 5 aromatic carbocycles. The van der Waals surface area contributed by atoms with Gasteiger partial charge in [0.25, 0.3) is 0 Å². The molecule has 0 radical (unpaired) electrons. The van der Waals surface area contributed by atoms with Gasteiger partial charge in [-0.1, -0.05) is 99.3 Å². The quantitative estimate of drug-likeness (QED) is 0.178. The summed E-state index contributed by atoms with van der Waals surface area (Å²) < 4.78 is 9.26. The van der Waals surface area contributed by atoms with Gasteiger partial charge < -0.3 is 13.8 Å². The number of furan rings is 1. The van der Waals surface area contributed by atoms with Gasteiger partial charge in [0, 0.05) is 37.3 Å². The molecular weight excluding hydrogens is 519 g/mol. The molecule has 0 aliphatic carbocycles. The lowest BCUT2D eigenvalue weighted by molar-refractivity contribution is 0.590. The highest BCUT2D eigenvalue weighted by molar-refractivity contribution is 7.99. The Morgan fingerprint density at radius 2 is 1.51 bits per heavy atom. The second-order valence-corrected chi connectivity index (χ2v) is 13.6. The number of benzene rings is 5. The van der Waals surface area contributed by atoms with Crippen LogP contribution in [0.25, 0.3) is 44.1 Å². The van der Waals surface area contributed by atoms with E-state index >= 15 is 0 Å². The Hall–Kier alpha value is -4.35. The summed E-state index contributed by atoms with van der Waals surface area (Å²) >= 11 is 1.88. The molecule has 0 saturated heterocycles. The summed E-state index contributed by atoms with van der Waals surface area (Å²) in [5.74, 6) is 0. The van der Waals surface area contributed by atoms with Crippen molar-refractivity contribution >= 4 is 79.6 Å². The highest BCUT2D eigenvalue weighted by atomic mass is 32.2.